The molecule has 2 nitrogen and oxygen atoms in total. The van der Waals surface area contributed by atoms with Crippen LogP contribution < -0.4 is 10.5 Å². The maximum atomic E-state index is 6.06. The second kappa shape index (κ2) is 5.88. The van der Waals surface area contributed by atoms with Gasteiger partial charge in [0.25, 0.3) is 0 Å². The quantitative estimate of drug-likeness (QED) is 0.750. The lowest BCUT2D eigenvalue weighted by Crippen LogP contribution is -2.08. The number of nitrogens with two attached hydrogens (primary N) is 1. The normalized spacial score (nSPS) is 12.5. The van der Waals surface area contributed by atoms with Crippen LogP contribution in [-0.4, -0.2) is 0 Å². The van der Waals surface area contributed by atoms with Crippen molar-refractivity contribution in [1.29, 1.82) is 0 Å². The average molecular weight is 297 g/mol. The number of rotatable bonds is 4. The SMILES string of the molecule is Cc1ccc([C@@H](C)N)c(OCc2csc3ccccc23)c1. The standard InChI is InChI=1S/C18H19NOS/c1-12-7-8-15(13(2)19)17(9-12)20-10-14-11-21-18-6-4-3-5-16(14)18/h3-9,11,13H,10,19H2,1-2H3/t13-/m1/s1. The highest BCUT2D eigenvalue weighted by atomic mass is 32.1. The minimum atomic E-state index is -0.0279. The first-order chi connectivity index (χ1) is 10.1. The highest BCUT2D eigenvalue weighted by Crippen LogP contribution is 2.29. The molecule has 0 aliphatic carbocycles. The van der Waals surface area contributed by atoms with Gasteiger partial charge in [-0.3, -0.25) is 0 Å². The highest BCUT2D eigenvalue weighted by Gasteiger charge is 2.10. The van der Waals surface area contributed by atoms with Crippen molar-refractivity contribution >= 4 is 21.4 Å². The van der Waals surface area contributed by atoms with E-state index in [9.17, 15) is 0 Å². The Morgan fingerprint density at radius 1 is 1.19 bits per heavy atom. The summed E-state index contributed by atoms with van der Waals surface area (Å²) >= 11 is 1.76. The lowest BCUT2D eigenvalue weighted by atomic mass is 10.1. The molecule has 3 aromatic rings. The fourth-order valence-electron chi connectivity index (χ4n) is 2.44. The summed E-state index contributed by atoms with van der Waals surface area (Å²) in [5.74, 6) is 0.889. The third kappa shape index (κ3) is 2.94. The Hall–Kier alpha value is -1.84. The monoisotopic (exact) mass is 297 g/mol. The molecule has 0 bridgehead atoms. The molecule has 0 amide bonds. The van der Waals surface area contributed by atoms with Crippen LogP contribution in [0.15, 0.2) is 47.8 Å². The molecular weight excluding hydrogens is 278 g/mol. The predicted octanol–water partition coefficient (Wildman–Crippen LogP) is 4.81. The van der Waals surface area contributed by atoms with Crippen molar-refractivity contribution in [2.45, 2.75) is 26.5 Å². The summed E-state index contributed by atoms with van der Waals surface area (Å²) in [5, 5.41) is 3.45. The zero-order valence-electron chi connectivity index (χ0n) is 12.3. The summed E-state index contributed by atoms with van der Waals surface area (Å²) in [7, 11) is 0. The summed E-state index contributed by atoms with van der Waals surface area (Å²) in [6.07, 6.45) is 0. The zero-order valence-corrected chi connectivity index (χ0v) is 13.1. The van der Waals surface area contributed by atoms with Crippen LogP contribution in [0.25, 0.3) is 10.1 Å². The van der Waals surface area contributed by atoms with Crippen molar-refractivity contribution in [2.75, 3.05) is 0 Å². The van der Waals surface area contributed by atoms with Crippen LogP contribution in [-0.2, 0) is 6.61 Å². The predicted molar refractivity (Wildman–Crippen MR) is 89.9 cm³/mol. The van der Waals surface area contributed by atoms with Gasteiger partial charge in [-0.2, -0.15) is 0 Å². The van der Waals surface area contributed by atoms with Crippen molar-refractivity contribution < 1.29 is 4.74 Å². The second-order valence-corrected chi connectivity index (χ2v) is 6.29. The van der Waals surface area contributed by atoms with Gasteiger partial charge in [0, 0.05) is 21.9 Å². The molecule has 1 atom stereocenters. The molecule has 0 saturated heterocycles. The second-order valence-electron chi connectivity index (χ2n) is 5.38. The van der Waals surface area contributed by atoms with E-state index in [1.54, 1.807) is 11.3 Å². The number of hydrogen-bond acceptors (Lipinski definition) is 3. The molecule has 1 heterocycles. The Bertz CT molecular complexity index is 761. The molecule has 2 N–H and O–H groups in total. The molecule has 2 aromatic carbocycles. The molecule has 0 spiro atoms. The van der Waals surface area contributed by atoms with Crippen molar-refractivity contribution in [3.63, 3.8) is 0 Å². The van der Waals surface area contributed by atoms with Gasteiger partial charge in [0.05, 0.1) is 0 Å². The number of ether oxygens (including phenoxy) is 1. The highest BCUT2D eigenvalue weighted by molar-refractivity contribution is 7.17. The maximum Gasteiger partial charge on any atom is 0.124 e. The zero-order chi connectivity index (χ0) is 14.8. The van der Waals surface area contributed by atoms with E-state index in [4.69, 9.17) is 10.5 Å². The van der Waals surface area contributed by atoms with Crippen LogP contribution in [0.2, 0.25) is 0 Å². The first kappa shape index (κ1) is 14.1. The Morgan fingerprint density at radius 2 is 2.00 bits per heavy atom. The number of aryl methyl sites for hydroxylation is 1. The number of thiophene rings is 1. The van der Waals surface area contributed by atoms with Gasteiger partial charge in [0.1, 0.15) is 12.4 Å². The summed E-state index contributed by atoms with van der Waals surface area (Å²) in [4.78, 5) is 0. The van der Waals surface area contributed by atoms with Gasteiger partial charge in [0.15, 0.2) is 0 Å². The van der Waals surface area contributed by atoms with Crippen LogP contribution in [0.4, 0.5) is 0 Å². The minimum absolute atomic E-state index is 0.0279. The lowest BCUT2D eigenvalue weighted by molar-refractivity contribution is 0.303. The fraction of sp³-hybridized carbons (Fsp3) is 0.222. The Kier molecular flexibility index (Phi) is 3.95. The molecule has 0 aliphatic rings. The molecule has 21 heavy (non-hydrogen) atoms. The molecule has 0 aliphatic heterocycles. The molecule has 0 fully saturated rings. The van der Waals surface area contributed by atoms with Crippen molar-refractivity contribution in [3.8, 4) is 5.75 Å². The van der Waals surface area contributed by atoms with Gasteiger partial charge < -0.3 is 10.5 Å². The third-order valence-corrected chi connectivity index (χ3v) is 4.62. The maximum absolute atomic E-state index is 6.06. The molecule has 108 valence electrons. The minimum Gasteiger partial charge on any atom is -0.488 e. The molecule has 0 unspecified atom stereocenters. The lowest BCUT2D eigenvalue weighted by Gasteiger charge is -2.14. The van der Waals surface area contributed by atoms with Crippen molar-refractivity contribution in [2.24, 2.45) is 5.73 Å². The molecule has 1 aromatic heterocycles. The Balaban J connectivity index is 1.86. The van der Waals surface area contributed by atoms with E-state index in [0.29, 0.717) is 6.61 Å². The van der Waals surface area contributed by atoms with Gasteiger partial charge in [-0.25, -0.2) is 0 Å². The molecule has 0 saturated carbocycles. The van der Waals surface area contributed by atoms with Gasteiger partial charge in [-0.1, -0.05) is 30.3 Å². The molecular formula is C18H19NOS. The summed E-state index contributed by atoms with van der Waals surface area (Å²) in [6.45, 7) is 4.63. The molecule has 3 rings (SSSR count). The largest absolute Gasteiger partial charge is 0.488 e. The van der Waals surface area contributed by atoms with Gasteiger partial charge in [-0.15, -0.1) is 11.3 Å². The fourth-order valence-corrected chi connectivity index (χ4v) is 3.39. The Labute approximate surface area is 129 Å². The van der Waals surface area contributed by atoms with Crippen LogP contribution in [0.3, 0.4) is 0 Å². The topological polar surface area (TPSA) is 35.2 Å². The van der Waals surface area contributed by atoms with Crippen LogP contribution >= 0.6 is 11.3 Å². The summed E-state index contributed by atoms with van der Waals surface area (Å²) < 4.78 is 7.36. The van der Waals surface area contributed by atoms with E-state index in [1.807, 2.05) is 6.92 Å². The summed E-state index contributed by atoms with van der Waals surface area (Å²) in [5.41, 5.74) is 9.50. The van der Waals surface area contributed by atoms with Crippen LogP contribution in [0.1, 0.15) is 29.7 Å². The molecule has 3 heteroatoms. The van der Waals surface area contributed by atoms with E-state index in [-0.39, 0.29) is 6.04 Å². The first-order valence-electron chi connectivity index (χ1n) is 7.09. The third-order valence-electron chi connectivity index (χ3n) is 3.60. The number of hydrogen-bond donors (Lipinski definition) is 1. The van der Waals surface area contributed by atoms with Crippen molar-refractivity contribution in [1.82, 2.24) is 0 Å². The van der Waals surface area contributed by atoms with E-state index in [0.717, 1.165) is 11.3 Å². The smallest absolute Gasteiger partial charge is 0.124 e. The van der Waals surface area contributed by atoms with Crippen LogP contribution in [0, 0.1) is 6.92 Å². The van der Waals surface area contributed by atoms with Gasteiger partial charge >= 0.3 is 0 Å². The average Bonchev–Trinajstić information content (AvgIpc) is 2.88. The van der Waals surface area contributed by atoms with E-state index < -0.39 is 0 Å². The number of benzene rings is 2. The number of fused-ring (bicyclic) bond motifs is 1. The van der Waals surface area contributed by atoms with E-state index in [1.165, 1.54) is 21.2 Å². The summed E-state index contributed by atoms with van der Waals surface area (Å²) in [6, 6.07) is 14.6. The van der Waals surface area contributed by atoms with E-state index in [2.05, 4.69) is 54.8 Å². The molecule has 0 radical (unpaired) electrons. The van der Waals surface area contributed by atoms with E-state index >= 15 is 0 Å². The van der Waals surface area contributed by atoms with Crippen molar-refractivity contribution in [3.05, 3.63) is 64.5 Å². The Morgan fingerprint density at radius 3 is 2.81 bits per heavy atom. The van der Waals surface area contributed by atoms with Gasteiger partial charge in [-0.05, 0) is 42.3 Å². The van der Waals surface area contributed by atoms with Gasteiger partial charge in [0.2, 0.25) is 0 Å². The first-order valence-corrected chi connectivity index (χ1v) is 7.97. The van der Waals surface area contributed by atoms with Crippen LogP contribution in [0.5, 0.6) is 5.75 Å².